The fourth-order valence-electron chi connectivity index (χ4n) is 1.75. The molecule has 3 nitrogen and oxygen atoms in total. The number of hydrogen-bond donors (Lipinski definition) is 1. The molecule has 2 N–H and O–H groups in total. The van der Waals surface area contributed by atoms with E-state index in [1.807, 2.05) is 43.3 Å². The van der Waals surface area contributed by atoms with Gasteiger partial charge in [-0.3, -0.25) is 4.98 Å². The fourth-order valence-corrected chi connectivity index (χ4v) is 1.75. The molecule has 2 aromatic rings. The van der Waals surface area contributed by atoms with E-state index in [1.165, 1.54) is 0 Å². The van der Waals surface area contributed by atoms with Gasteiger partial charge in [-0.2, -0.15) is 0 Å². The predicted octanol–water partition coefficient (Wildman–Crippen LogP) is 2.52. The second-order valence-corrected chi connectivity index (χ2v) is 3.89. The molecule has 0 bridgehead atoms. The van der Waals surface area contributed by atoms with Gasteiger partial charge in [-0.15, -0.1) is 0 Å². The zero-order valence-electron chi connectivity index (χ0n) is 10.1. The maximum atomic E-state index is 5.73. The summed E-state index contributed by atoms with van der Waals surface area (Å²) in [4.78, 5) is 4.55. The van der Waals surface area contributed by atoms with Crippen LogP contribution in [-0.2, 0) is 6.54 Å². The van der Waals surface area contributed by atoms with Crippen molar-refractivity contribution in [2.24, 2.45) is 5.73 Å². The van der Waals surface area contributed by atoms with Crippen LogP contribution in [0, 0.1) is 6.92 Å². The average molecular weight is 228 g/mol. The number of aryl methyl sites for hydroxylation is 1. The van der Waals surface area contributed by atoms with Gasteiger partial charge in [0.1, 0.15) is 5.75 Å². The van der Waals surface area contributed by atoms with Crippen LogP contribution in [0.2, 0.25) is 0 Å². The van der Waals surface area contributed by atoms with Crippen LogP contribution in [0.15, 0.2) is 36.4 Å². The summed E-state index contributed by atoms with van der Waals surface area (Å²) in [5.41, 5.74) is 9.80. The third-order valence-electron chi connectivity index (χ3n) is 2.70. The van der Waals surface area contributed by atoms with Crippen LogP contribution in [0.5, 0.6) is 5.75 Å². The predicted molar refractivity (Wildman–Crippen MR) is 68.9 cm³/mol. The van der Waals surface area contributed by atoms with Crippen molar-refractivity contribution in [2.75, 3.05) is 7.11 Å². The molecule has 0 fully saturated rings. The van der Waals surface area contributed by atoms with Gasteiger partial charge in [0.2, 0.25) is 0 Å². The van der Waals surface area contributed by atoms with Gasteiger partial charge < -0.3 is 10.5 Å². The van der Waals surface area contributed by atoms with E-state index in [0.29, 0.717) is 6.54 Å². The molecule has 0 amide bonds. The van der Waals surface area contributed by atoms with E-state index in [-0.39, 0.29) is 0 Å². The van der Waals surface area contributed by atoms with Crippen molar-refractivity contribution in [2.45, 2.75) is 13.5 Å². The average Bonchev–Trinajstić information content (AvgIpc) is 2.39. The molecule has 1 heterocycles. The van der Waals surface area contributed by atoms with Crippen molar-refractivity contribution in [3.63, 3.8) is 0 Å². The Bertz CT molecular complexity index is 506. The van der Waals surface area contributed by atoms with Crippen molar-refractivity contribution < 1.29 is 4.74 Å². The van der Waals surface area contributed by atoms with Gasteiger partial charge in [-0.25, -0.2) is 0 Å². The summed E-state index contributed by atoms with van der Waals surface area (Å²) in [6.07, 6.45) is 0. The highest BCUT2D eigenvalue weighted by Crippen LogP contribution is 2.24. The number of benzene rings is 1. The summed E-state index contributed by atoms with van der Waals surface area (Å²) in [6, 6.07) is 11.9. The first-order valence-electron chi connectivity index (χ1n) is 5.55. The molecule has 88 valence electrons. The molecule has 1 aromatic carbocycles. The van der Waals surface area contributed by atoms with E-state index < -0.39 is 0 Å². The SMILES string of the molecule is COc1ccc(-c2nc(C)ccc2CN)cc1. The molecule has 0 saturated heterocycles. The summed E-state index contributed by atoms with van der Waals surface area (Å²) in [6.45, 7) is 2.47. The standard InChI is InChI=1S/C14H16N2O/c1-10-3-4-12(9-15)14(16-10)11-5-7-13(17-2)8-6-11/h3-8H,9,15H2,1-2H3. The number of rotatable bonds is 3. The minimum absolute atomic E-state index is 0.495. The van der Waals surface area contributed by atoms with E-state index in [2.05, 4.69) is 4.98 Å². The van der Waals surface area contributed by atoms with Gasteiger partial charge in [0, 0.05) is 17.8 Å². The van der Waals surface area contributed by atoms with Crippen molar-refractivity contribution >= 4 is 0 Å². The molecule has 3 heteroatoms. The zero-order chi connectivity index (χ0) is 12.3. The van der Waals surface area contributed by atoms with Crippen LogP contribution in [-0.4, -0.2) is 12.1 Å². The molecule has 0 aliphatic heterocycles. The van der Waals surface area contributed by atoms with E-state index in [0.717, 1.165) is 28.3 Å². The largest absolute Gasteiger partial charge is 0.497 e. The number of pyridine rings is 1. The van der Waals surface area contributed by atoms with Gasteiger partial charge in [0.25, 0.3) is 0 Å². The Kier molecular flexibility index (Phi) is 3.40. The van der Waals surface area contributed by atoms with E-state index >= 15 is 0 Å². The summed E-state index contributed by atoms with van der Waals surface area (Å²) in [7, 11) is 1.66. The molecule has 1 aromatic heterocycles. The summed E-state index contributed by atoms with van der Waals surface area (Å²) < 4.78 is 5.14. The molecule has 0 spiro atoms. The van der Waals surface area contributed by atoms with Gasteiger partial charge in [-0.05, 0) is 42.8 Å². The lowest BCUT2D eigenvalue weighted by Crippen LogP contribution is -2.01. The Morgan fingerprint density at radius 1 is 1.12 bits per heavy atom. The van der Waals surface area contributed by atoms with Crippen LogP contribution in [0.25, 0.3) is 11.3 Å². The molecule has 0 aliphatic carbocycles. The van der Waals surface area contributed by atoms with Gasteiger partial charge in [0.15, 0.2) is 0 Å². The molecule has 17 heavy (non-hydrogen) atoms. The lowest BCUT2D eigenvalue weighted by Gasteiger charge is -2.08. The molecule has 0 aliphatic rings. The Balaban J connectivity index is 2.47. The van der Waals surface area contributed by atoms with E-state index in [9.17, 15) is 0 Å². The zero-order valence-corrected chi connectivity index (χ0v) is 10.1. The fraction of sp³-hybridized carbons (Fsp3) is 0.214. The second-order valence-electron chi connectivity index (χ2n) is 3.89. The summed E-state index contributed by atoms with van der Waals surface area (Å²) in [5.74, 6) is 0.843. The topological polar surface area (TPSA) is 48.1 Å². The lowest BCUT2D eigenvalue weighted by atomic mass is 10.1. The normalized spacial score (nSPS) is 10.3. The maximum absolute atomic E-state index is 5.73. The summed E-state index contributed by atoms with van der Waals surface area (Å²) >= 11 is 0. The van der Waals surface area contributed by atoms with Crippen LogP contribution >= 0.6 is 0 Å². The lowest BCUT2D eigenvalue weighted by molar-refractivity contribution is 0.415. The number of nitrogens with zero attached hydrogens (tertiary/aromatic N) is 1. The molecule has 2 rings (SSSR count). The molecule has 0 unspecified atom stereocenters. The quantitative estimate of drug-likeness (QED) is 0.878. The Hall–Kier alpha value is -1.87. The van der Waals surface area contributed by atoms with Gasteiger partial charge in [0.05, 0.1) is 12.8 Å². The molecular formula is C14H16N2O. The third-order valence-corrected chi connectivity index (χ3v) is 2.70. The van der Waals surface area contributed by atoms with Gasteiger partial charge in [-0.1, -0.05) is 6.07 Å². The number of hydrogen-bond acceptors (Lipinski definition) is 3. The Morgan fingerprint density at radius 3 is 2.41 bits per heavy atom. The van der Waals surface area contributed by atoms with Crippen LogP contribution in [0.3, 0.4) is 0 Å². The monoisotopic (exact) mass is 228 g/mol. The summed E-state index contributed by atoms with van der Waals surface area (Å²) in [5, 5.41) is 0. The minimum Gasteiger partial charge on any atom is -0.497 e. The Labute approximate surface area is 101 Å². The molecule has 0 atom stereocenters. The minimum atomic E-state index is 0.495. The number of aromatic nitrogens is 1. The second kappa shape index (κ2) is 4.97. The Morgan fingerprint density at radius 2 is 1.82 bits per heavy atom. The first-order chi connectivity index (χ1) is 8.24. The molecule has 0 radical (unpaired) electrons. The van der Waals surface area contributed by atoms with Crippen molar-refractivity contribution in [1.82, 2.24) is 4.98 Å². The van der Waals surface area contributed by atoms with Crippen LogP contribution in [0.4, 0.5) is 0 Å². The molecule has 0 saturated carbocycles. The number of nitrogens with two attached hydrogens (primary N) is 1. The van der Waals surface area contributed by atoms with Crippen LogP contribution < -0.4 is 10.5 Å². The highest BCUT2D eigenvalue weighted by molar-refractivity contribution is 5.64. The highest BCUT2D eigenvalue weighted by atomic mass is 16.5. The number of methoxy groups -OCH3 is 1. The molecular weight excluding hydrogens is 212 g/mol. The van der Waals surface area contributed by atoms with E-state index in [4.69, 9.17) is 10.5 Å². The van der Waals surface area contributed by atoms with Crippen molar-refractivity contribution in [1.29, 1.82) is 0 Å². The van der Waals surface area contributed by atoms with Crippen molar-refractivity contribution in [3.05, 3.63) is 47.7 Å². The smallest absolute Gasteiger partial charge is 0.118 e. The highest BCUT2D eigenvalue weighted by Gasteiger charge is 2.06. The van der Waals surface area contributed by atoms with Crippen LogP contribution in [0.1, 0.15) is 11.3 Å². The first-order valence-corrected chi connectivity index (χ1v) is 5.55. The third kappa shape index (κ3) is 2.45. The van der Waals surface area contributed by atoms with Crippen molar-refractivity contribution in [3.8, 4) is 17.0 Å². The first kappa shape index (κ1) is 11.6. The van der Waals surface area contributed by atoms with Gasteiger partial charge >= 0.3 is 0 Å². The number of ether oxygens (including phenoxy) is 1. The maximum Gasteiger partial charge on any atom is 0.118 e. The van der Waals surface area contributed by atoms with E-state index in [1.54, 1.807) is 7.11 Å².